The second kappa shape index (κ2) is 30.5. The summed E-state index contributed by atoms with van der Waals surface area (Å²) in [4.78, 5) is 32.3. The molecule has 7 aromatic carbocycles. The number of aryl methyl sites for hydroxylation is 4. The van der Waals surface area contributed by atoms with Gasteiger partial charge in [0.05, 0.1) is 5.39 Å². The maximum atomic E-state index is 11.8. The summed E-state index contributed by atoms with van der Waals surface area (Å²) < 4.78 is 27.3. The van der Waals surface area contributed by atoms with Crippen molar-refractivity contribution in [1.29, 1.82) is 0 Å². The average molecular weight is 1160 g/mol. The molecule has 18 heteroatoms. The number of nitrogens with zero attached hydrogens (tertiary/aromatic N) is 4. The van der Waals surface area contributed by atoms with Crippen LogP contribution in [-0.2, 0) is 42.1 Å². The highest BCUT2D eigenvalue weighted by molar-refractivity contribution is 8.24. The van der Waals surface area contributed by atoms with Gasteiger partial charge in [0.1, 0.15) is 48.0 Å². The first-order valence-corrected chi connectivity index (χ1v) is 29.5. The number of H-pyrrole nitrogens is 1. The fraction of sp³-hybridized carbons (Fsp3) is 0.164. The number of phenols is 1. The van der Waals surface area contributed by atoms with Crippen molar-refractivity contribution in [3.63, 3.8) is 0 Å². The first-order valence-electron chi connectivity index (χ1n) is 24.7. The highest BCUT2D eigenvalue weighted by Gasteiger charge is 2.14. The SMILES string of the molecule is Cc1ccc2c(=O)[nH]ccc2c1OCc1ccccc1.Cc1ccc2c(Cl)nccc2c1OCc1ccccc1.Cc1ccc2c(c1O)CCNC2.Cc1cccc(/C=C/C(=O)N=[N+]=[N-])c1OCc1ccccc1.O=P(Cl)(Cl)Cl. The third kappa shape index (κ3) is 19.1. The van der Waals surface area contributed by atoms with Crippen LogP contribution < -0.4 is 25.1 Å². The third-order valence-corrected chi connectivity index (χ3v) is 12.4. The van der Waals surface area contributed by atoms with E-state index in [0.29, 0.717) is 41.9 Å². The van der Waals surface area contributed by atoms with Crippen LogP contribution in [0.25, 0.3) is 38.1 Å². The number of aromatic hydroxyl groups is 1. The van der Waals surface area contributed by atoms with Crippen LogP contribution in [0.3, 0.4) is 0 Å². The topological polar surface area (TPSA) is 189 Å². The van der Waals surface area contributed by atoms with E-state index >= 15 is 0 Å². The third-order valence-electron chi connectivity index (χ3n) is 12.1. The molecule has 0 spiro atoms. The van der Waals surface area contributed by atoms with Gasteiger partial charge < -0.3 is 29.6 Å². The van der Waals surface area contributed by atoms with Gasteiger partial charge in [-0.25, -0.2) is 4.98 Å². The maximum absolute atomic E-state index is 11.8. The minimum atomic E-state index is -3.22. The molecule has 1 amide bonds. The molecular weight excluding hydrogens is 1100 g/mol. The van der Waals surface area contributed by atoms with Gasteiger partial charge in [-0.05, 0) is 165 Å². The molecule has 0 aliphatic carbocycles. The summed E-state index contributed by atoms with van der Waals surface area (Å²) in [5, 5.41) is 16.7. The number of azide groups is 1. The zero-order valence-electron chi connectivity index (χ0n) is 43.7. The summed E-state index contributed by atoms with van der Waals surface area (Å²) in [5.74, 6) is 2.21. The normalized spacial score (nSPS) is 11.4. The van der Waals surface area contributed by atoms with Crippen LogP contribution in [0.15, 0.2) is 186 Å². The van der Waals surface area contributed by atoms with Crippen molar-refractivity contribution < 1.29 is 28.7 Å². The number of rotatable bonds is 11. The van der Waals surface area contributed by atoms with Crippen molar-refractivity contribution in [2.75, 3.05) is 6.54 Å². The first-order chi connectivity index (χ1) is 38.0. The Hall–Kier alpha value is -7.57. The summed E-state index contributed by atoms with van der Waals surface area (Å²) in [6.07, 6.45) is 7.12. The van der Waals surface area contributed by atoms with Gasteiger partial charge in [0, 0.05) is 45.6 Å². The molecule has 1 aliphatic heterocycles. The van der Waals surface area contributed by atoms with E-state index in [4.69, 9.17) is 31.3 Å². The van der Waals surface area contributed by atoms with Crippen molar-refractivity contribution in [2.24, 2.45) is 5.11 Å². The lowest BCUT2D eigenvalue weighted by atomic mass is 9.97. The maximum Gasteiger partial charge on any atom is 0.339 e. The van der Waals surface area contributed by atoms with Gasteiger partial charge in [0.15, 0.2) is 0 Å². The molecule has 1 aliphatic rings. The lowest BCUT2D eigenvalue weighted by Crippen LogP contribution is -2.23. The van der Waals surface area contributed by atoms with Gasteiger partial charge in [0.2, 0.25) is 5.91 Å². The highest BCUT2D eigenvalue weighted by Crippen LogP contribution is 2.61. The average Bonchev–Trinajstić information content (AvgIpc) is 3.50. The van der Waals surface area contributed by atoms with Crippen LogP contribution in [0.2, 0.25) is 5.15 Å². The van der Waals surface area contributed by atoms with E-state index in [2.05, 4.69) is 77.2 Å². The molecule has 79 heavy (non-hydrogen) atoms. The van der Waals surface area contributed by atoms with Gasteiger partial charge in [-0.15, -0.1) is 0 Å². The van der Waals surface area contributed by atoms with Gasteiger partial charge >= 0.3 is 5.20 Å². The number of para-hydroxylation sites is 1. The number of pyridine rings is 2. The Morgan fingerprint density at radius 2 is 1.18 bits per heavy atom. The minimum absolute atomic E-state index is 0.0907. The molecule has 3 N–H and O–H groups in total. The Morgan fingerprint density at radius 1 is 0.671 bits per heavy atom. The summed E-state index contributed by atoms with van der Waals surface area (Å²) >= 11 is 20.0. The van der Waals surface area contributed by atoms with E-state index in [-0.39, 0.29) is 5.56 Å². The Labute approximate surface area is 478 Å². The number of hydrogen-bond donors (Lipinski definition) is 3. The summed E-state index contributed by atoms with van der Waals surface area (Å²) in [7, 11) is 0. The molecule has 406 valence electrons. The number of halogens is 4. The summed E-state index contributed by atoms with van der Waals surface area (Å²) in [6.45, 7) is 11.2. The van der Waals surface area contributed by atoms with E-state index in [9.17, 15) is 19.3 Å². The van der Waals surface area contributed by atoms with Crippen LogP contribution >= 0.6 is 50.5 Å². The minimum Gasteiger partial charge on any atom is -0.507 e. The molecule has 10 rings (SSSR count). The van der Waals surface area contributed by atoms with E-state index < -0.39 is 11.1 Å². The number of nitrogens with one attached hydrogen (secondary N) is 2. The zero-order chi connectivity index (χ0) is 56.7. The Morgan fingerprint density at radius 3 is 1.73 bits per heavy atom. The van der Waals surface area contributed by atoms with Crippen molar-refractivity contribution >= 4 is 84.1 Å². The molecule has 9 aromatic rings. The smallest absolute Gasteiger partial charge is 0.339 e. The summed E-state index contributed by atoms with van der Waals surface area (Å²) in [6, 6.07) is 51.2. The van der Waals surface area contributed by atoms with Crippen molar-refractivity contribution in [1.82, 2.24) is 15.3 Å². The van der Waals surface area contributed by atoms with Crippen LogP contribution in [-0.4, -0.2) is 27.5 Å². The van der Waals surface area contributed by atoms with E-state index in [1.807, 2.05) is 167 Å². The Kier molecular flexibility index (Phi) is 23.5. The fourth-order valence-corrected chi connectivity index (χ4v) is 8.36. The molecule has 13 nitrogen and oxygen atoms in total. The molecule has 3 heterocycles. The molecule has 0 fully saturated rings. The number of carbonyl (C=O) groups excluding carboxylic acids is 1. The Bertz CT molecular complexity index is 3670. The molecule has 0 bridgehead atoms. The molecule has 0 unspecified atom stereocenters. The van der Waals surface area contributed by atoms with Crippen molar-refractivity contribution in [3.05, 3.63) is 258 Å². The number of aromatic nitrogens is 2. The number of hydrogen-bond acceptors (Lipinski definition) is 9. The van der Waals surface area contributed by atoms with E-state index in [1.54, 1.807) is 18.5 Å². The first kappa shape index (κ1) is 60.7. The van der Waals surface area contributed by atoms with Crippen LogP contribution in [0.4, 0.5) is 0 Å². The molecule has 0 saturated carbocycles. The fourth-order valence-electron chi connectivity index (χ4n) is 8.14. The second-order valence-corrected chi connectivity index (χ2v) is 24.8. The van der Waals surface area contributed by atoms with Crippen LogP contribution in [0.1, 0.15) is 55.6 Å². The van der Waals surface area contributed by atoms with Gasteiger partial charge in [-0.3, -0.25) is 14.2 Å². The quantitative estimate of drug-likeness (QED) is 0.0283. The van der Waals surface area contributed by atoms with Crippen LogP contribution in [0.5, 0.6) is 23.0 Å². The van der Waals surface area contributed by atoms with Crippen molar-refractivity contribution in [3.8, 4) is 23.0 Å². The monoisotopic (exact) mass is 1160 g/mol. The highest BCUT2D eigenvalue weighted by atomic mass is 36.0. The predicted octanol–water partition coefficient (Wildman–Crippen LogP) is 16.8. The van der Waals surface area contributed by atoms with E-state index in [0.717, 1.165) is 97.2 Å². The van der Waals surface area contributed by atoms with Crippen molar-refractivity contribution in [2.45, 2.75) is 60.5 Å². The number of benzene rings is 7. The predicted molar refractivity (Wildman–Crippen MR) is 321 cm³/mol. The standard InChI is InChI=1S/C17H14ClNO.C17H15N3O2.C17H15NO2.C10H13NO.Cl3OP/c1-12-7-8-15-14(9-10-19-17(15)18)16(12)20-11-13-5-3-2-4-6-13;1-13-6-5-9-15(10-11-16(21)19-20-18)17(13)22-12-14-7-3-2-4-8-14;1-12-7-8-15-14(9-10-18-17(15)19)16(12)20-11-13-5-3-2-4-6-13;1-7-2-3-8-6-11-5-4-9(8)10(7)12;1-5(2,3)4/h2-10H,11H2,1H3;2-11H,12H2,1H3;2-10H,11H2,1H3,(H,18,19);2-3,11-12H,4-6H2,1H3;/b;11-10+;;;. The zero-order valence-corrected chi connectivity index (χ0v) is 47.6. The molecule has 0 atom stereocenters. The molecule has 2 aromatic heterocycles. The number of ether oxygens (including phenoxy) is 3. The van der Waals surface area contributed by atoms with Gasteiger partial charge in [-0.2, -0.15) is 0 Å². The van der Waals surface area contributed by atoms with E-state index in [1.165, 1.54) is 11.6 Å². The number of carbonyl (C=O) groups is 1. The number of aromatic amines is 1. The van der Waals surface area contributed by atoms with Gasteiger partial charge in [0.25, 0.3) is 5.56 Å². The molecular formula is C61H57Cl4N6O7P. The number of fused-ring (bicyclic) bond motifs is 3. The Balaban J connectivity index is 0.000000168. The molecule has 0 radical (unpaired) electrons. The summed E-state index contributed by atoms with van der Waals surface area (Å²) in [5.41, 5.74) is 18.6. The number of phenolic OH excluding ortho intramolecular Hbond substituents is 1. The lowest BCUT2D eigenvalue weighted by Gasteiger charge is -2.18. The second-order valence-electron chi connectivity index (χ2n) is 17.8. The van der Waals surface area contributed by atoms with Crippen LogP contribution in [0, 0.1) is 27.7 Å². The largest absolute Gasteiger partial charge is 0.507 e. The number of amides is 1. The lowest BCUT2D eigenvalue weighted by molar-refractivity contribution is -0.113. The van der Waals surface area contributed by atoms with Gasteiger partial charge in [-0.1, -0.05) is 151 Å². The molecule has 0 saturated heterocycles.